The van der Waals surface area contributed by atoms with Gasteiger partial charge in [0.15, 0.2) is 0 Å². The molecule has 0 aromatic carbocycles. The molecule has 8 heteroatoms. The molecule has 1 atom stereocenters. The van der Waals surface area contributed by atoms with Crippen molar-refractivity contribution < 1.29 is 9.53 Å². The Morgan fingerprint density at radius 3 is 3.21 bits per heavy atom. The molecule has 0 radical (unpaired) electrons. The van der Waals surface area contributed by atoms with Gasteiger partial charge < -0.3 is 4.74 Å². The van der Waals surface area contributed by atoms with Crippen LogP contribution in [0.3, 0.4) is 0 Å². The van der Waals surface area contributed by atoms with Gasteiger partial charge >= 0.3 is 0 Å². The predicted octanol–water partition coefficient (Wildman–Crippen LogP) is 1.67. The highest BCUT2D eigenvalue weighted by Gasteiger charge is 2.22. The monoisotopic (exact) mass is 279 g/mol. The van der Waals surface area contributed by atoms with Crippen molar-refractivity contribution >= 4 is 23.2 Å². The molecular formula is C11H13N5O2S. The van der Waals surface area contributed by atoms with Crippen molar-refractivity contribution in [2.75, 3.05) is 11.9 Å². The number of anilines is 1. The maximum atomic E-state index is 12.0. The summed E-state index contributed by atoms with van der Waals surface area (Å²) < 4.78 is 5.54. The van der Waals surface area contributed by atoms with E-state index >= 15 is 0 Å². The summed E-state index contributed by atoms with van der Waals surface area (Å²) in [6.45, 7) is 2.53. The van der Waals surface area contributed by atoms with E-state index in [4.69, 9.17) is 4.74 Å². The summed E-state index contributed by atoms with van der Waals surface area (Å²) in [6.07, 6.45) is 3.62. The van der Waals surface area contributed by atoms with Crippen LogP contribution in [-0.4, -0.2) is 32.7 Å². The Morgan fingerprint density at radius 2 is 2.53 bits per heavy atom. The number of aromatic nitrogens is 4. The SMILES string of the molecule is Cc1nc(NC(=O)c2cnc(C3CCCO3)s2)n[nH]1. The highest BCUT2D eigenvalue weighted by Crippen LogP contribution is 2.31. The Morgan fingerprint density at radius 1 is 1.63 bits per heavy atom. The van der Waals surface area contributed by atoms with E-state index in [-0.39, 0.29) is 18.0 Å². The molecule has 1 amide bonds. The quantitative estimate of drug-likeness (QED) is 0.891. The van der Waals surface area contributed by atoms with Crippen LogP contribution in [0.5, 0.6) is 0 Å². The Kier molecular flexibility index (Phi) is 3.26. The molecule has 0 bridgehead atoms. The minimum absolute atomic E-state index is 0.0392. The number of ether oxygens (including phenoxy) is 1. The van der Waals surface area contributed by atoms with Crippen molar-refractivity contribution in [3.8, 4) is 0 Å². The van der Waals surface area contributed by atoms with Crippen LogP contribution in [0.1, 0.15) is 39.4 Å². The van der Waals surface area contributed by atoms with Gasteiger partial charge in [0, 0.05) is 6.61 Å². The number of thiazole rings is 1. The molecule has 2 N–H and O–H groups in total. The molecule has 2 aromatic rings. The summed E-state index contributed by atoms with van der Waals surface area (Å²) in [7, 11) is 0. The molecule has 1 aliphatic rings. The van der Waals surface area contributed by atoms with Crippen LogP contribution < -0.4 is 5.32 Å². The molecule has 1 unspecified atom stereocenters. The summed E-state index contributed by atoms with van der Waals surface area (Å²) in [4.78, 5) is 20.8. The van der Waals surface area contributed by atoms with Crippen molar-refractivity contribution in [3.05, 3.63) is 21.9 Å². The zero-order valence-electron chi connectivity index (χ0n) is 10.3. The topological polar surface area (TPSA) is 92.8 Å². The number of hydrogen-bond donors (Lipinski definition) is 2. The number of H-pyrrole nitrogens is 1. The first-order valence-corrected chi connectivity index (χ1v) is 6.82. The number of rotatable bonds is 3. The van der Waals surface area contributed by atoms with Gasteiger partial charge in [0.25, 0.3) is 5.91 Å². The molecule has 0 aliphatic carbocycles. The molecule has 3 heterocycles. The minimum Gasteiger partial charge on any atom is -0.371 e. The Labute approximate surface area is 113 Å². The van der Waals surface area contributed by atoms with Crippen LogP contribution in [0.15, 0.2) is 6.20 Å². The van der Waals surface area contributed by atoms with E-state index in [0.717, 1.165) is 24.5 Å². The molecular weight excluding hydrogens is 266 g/mol. The number of nitrogens with one attached hydrogen (secondary N) is 2. The average Bonchev–Trinajstić information content (AvgIpc) is 3.08. The smallest absolute Gasteiger partial charge is 0.269 e. The van der Waals surface area contributed by atoms with Gasteiger partial charge in [-0.15, -0.1) is 16.4 Å². The fourth-order valence-corrected chi connectivity index (χ4v) is 2.77. The number of nitrogens with zero attached hydrogens (tertiary/aromatic N) is 3. The van der Waals surface area contributed by atoms with E-state index < -0.39 is 0 Å². The first-order chi connectivity index (χ1) is 9.22. The number of hydrogen-bond acceptors (Lipinski definition) is 6. The van der Waals surface area contributed by atoms with Crippen molar-refractivity contribution in [1.29, 1.82) is 0 Å². The summed E-state index contributed by atoms with van der Waals surface area (Å²) in [5.41, 5.74) is 0. The van der Waals surface area contributed by atoms with Gasteiger partial charge in [0.2, 0.25) is 5.95 Å². The summed E-state index contributed by atoms with van der Waals surface area (Å²) >= 11 is 1.35. The van der Waals surface area contributed by atoms with Gasteiger partial charge in [-0.1, -0.05) is 0 Å². The largest absolute Gasteiger partial charge is 0.371 e. The third-order valence-corrected chi connectivity index (χ3v) is 3.86. The lowest BCUT2D eigenvalue weighted by Gasteiger charge is -2.03. The van der Waals surface area contributed by atoms with Crippen molar-refractivity contribution in [2.24, 2.45) is 0 Å². The number of aryl methyl sites for hydroxylation is 1. The van der Waals surface area contributed by atoms with E-state index in [2.05, 4.69) is 25.5 Å². The van der Waals surface area contributed by atoms with E-state index in [1.54, 1.807) is 13.1 Å². The van der Waals surface area contributed by atoms with Crippen molar-refractivity contribution in [1.82, 2.24) is 20.2 Å². The molecule has 1 fully saturated rings. The number of carbonyl (C=O) groups is 1. The average molecular weight is 279 g/mol. The lowest BCUT2D eigenvalue weighted by Crippen LogP contribution is -2.11. The van der Waals surface area contributed by atoms with Crippen LogP contribution in [0.4, 0.5) is 5.95 Å². The Bertz CT molecular complexity index is 587. The minimum atomic E-state index is -0.249. The van der Waals surface area contributed by atoms with E-state index in [0.29, 0.717) is 10.7 Å². The third-order valence-electron chi connectivity index (χ3n) is 2.78. The van der Waals surface area contributed by atoms with E-state index in [1.165, 1.54) is 11.3 Å². The highest BCUT2D eigenvalue weighted by atomic mass is 32.1. The lowest BCUT2D eigenvalue weighted by molar-refractivity contribution is 0.102. The normalized spacial score (nSPS) is 18.7. The van der Waals surface area contributed by atoms with Crippen molar-refractivity contribution in [2.45, 2.75) is 25.9 Å². The fraction of sp³-hybridized carbons (Fsp3) is 0.455. The summed E-state index contributed by atoms with van der Waals surface area (Å²) in [5.74, 6) is 0.676. The fourth-order valence-electron chi connectivity index (χ4n) is 1.88. The Hall–Kier alpha value is -1.80. The first-order valence-electron chi connectivity index (χ1n) is 6.00. The van der Waals surface area contributed by atoms with Gasteiger partial charge in [-0.25, -0.2) is 4.98 Å². The van der Waals surface area contributed by atoms with E-state index in [9.17, 15) is 4.79 Å². The molecule has 3 rings (SSSR count). The number of aromatic amines is 1. The zero-order chi connectivity index (χ0) is 13.2. The van der Waals surface area contributed by atoms with Gasteiger partial charge in [0.05, 0.1) is 6.20 Å². The van der Waals surface area contributed by atoms with Crippen LogP contribution in [0.2, 0.25) is 0 Å². The number of amides is 1. The van der Waals surface area contributed by atoms with Crippen molar-refractivity contribution in [3.63, 3.8) is 0 Å². The van der Waals surface area contributed by atoms with E-state index in [1.807, 2.05) is 0 Å². The van der Waals surface area contributed by atoms with Crippen LogP contribution >= 0.6 is 11.3 Å². The van der Waals surface area contributed by atoms with Crippen LogP contribution in [0.25, 0.3) is 0 Å². The predicted molar refractivity (Wildman–Crippen MR) is 69.1 cm³/mol. The zero-order valence-corrected chi connectivity index (χ0v) is 11.2. The number of carbonyl (C=O) groups excluding carboxylic acids is 1. The molecule has 0 saturated carbocycles. The molecule has 7 nitrogen and oxygen atoms in total. The summed E-state index contributed by atoms with van der Waals surface area (Å²) in [6, 6.07) is 0. The summed E-state index contributed by atoms with van der Waals surface area (Å²) in [5, 5.41) is 10.00. The molecule has 1 saturated heterocycles. The maximum absolute atomic E-state index is 12.0. The first kappa shape index (κ1) is 12.2. The second-order valence-corrected chi connectivity index (χ2v) is 5.33. The molecule has 0 spiro atoms. The highest BCUT2D eigenvalue weighted by molar-refractivity contribution is 7.13. The molecule has 100 valence electrons. The molecule has 19 heavy (non-hydrogen) atoms. The standard InChI is InChI=1S/C11H13N5O2S/c1-6-13-11(16-15-6)14-9(17)8-5-12-10(19-8)7-3-2-4-18-7/h5,7H,2-4H2,1H3,(H2,13,14,15,16,17). The van der Waals surface area contributed by atoms with Gasteiger partial charge in [-0.3, -0.25) is 15.2 Å². The van der Waals surface area contributed by atoms with Gasteiger partial charge in [-0.05, 0) is 19.8 Å². The second kappa shape index (κ2) is 5.06. The molecule has 2 aromatic heterocycles. The second-order valence-electron chi connectivity index (χ2n) is 4.26. The maximum Gasteiger partial charge on any atom is 0.269 e. The molecule has 1 aliphatic heterocycles. The third kappa shape index (κ3) is 2.64. The van der Waals surface area contributed by atoms with Gasteiger partial charge in [0.1, 0.15) is 21.8 Å². The van der Waals surface area contributed by atoms with Crippen LogP contribution in [-0.2, 0) is 4.74 Å². The Balaban J connectivity index is 1.69. The van der Waals surface area contributed by atoms with Gasteiger partial charge in [-0.2, -0.15) is 4.98 Å². The lowest BCUT2D eigenvalue weighted by atomic mass is 10.2. The van der Waals surface area contributed by atoms with Crippen LogP contribution in [0, 0.1) is 6.92 Å².